The van der Waals surface area contributed by atoms with Crippen molar-refractivity contribution in [3.05, 3.63) is 425 Å². The first-order valence-corrected chi connectivity index (χ1v) is 38.0. The molecular formula is C104H70B2N2O3. The van der Waals surface area contributed by atoms with Gasteiger partial charge in [-0.3, -0.25) is 0 Å². The van der Waals surface area contributed by atoms with Gasteiger partial charge in [0.25, 0.3) is 0 Å². The van der Waals surface area contributed by atoms with Crippen molar-refractivity contribution >= 4 is 124 Å². The van der Waals surface area contributed by atoms with Crippen LogP contribution in [0.4, 0.5) is 34.1 Å². The summed E-state index contributed by atoms with van der Waals surface area (Å²) in [6, 6.07) is 151. The maximum Gasteiger partial charge on any atom is 0.246 e. The molecule has 520 valence electrons. The number of para-hydroxylation sites is 6. The van der Waals surface area contributed by atoms with Gasteiger partial charge in [0.15, 0.2) is 0 Å². The first-order valence-electron chi connectivity index (χ1n) is 38.0. The fourth-order valence-corrected chi connectivity index (χ4v) is 16.9. The normalized spacial score (nSPS) is 11.6. The molecular weight excluding hydrogens is 1350 g/mol. The SMILES string of the molecule is c1ccc(B(c2ccc3c4c(cccc24)Oc2cc(-c4ccc(N(c5ccccc5)c5ccccc5-c5ccccc5)cc4)ccc2-3)c2cccc3c2oc2ccccc23)cc1.c1ccc(B(c2ccccc2)c2ccc3c4c(cccc24)Oc2cc(-c4ccc(N(c5ccccc5)c5ccccc5)cc4)ccc2-3)cc1. The number of benzene rings is 18. The summed E-state index contributed by atoms with van der Waals surface area (Å²) in [6.07, 6.45) is 0. The van der Waals surface area contributed by atoms with E-state index >= 15 is 0 Å². The van der Waals surface area contributed by atoms with Crippen LogP contribution in [0.5, 0.6) is 23.0 Å². The average Bonchev–Trinajstić information content (AvgIpc) is 1.72. The van der Waals surface area contributed by atoms with Gasteiger partial charge in [0, 0.05) is 66.7 Å². The lowest BCUT2D eigenvalue weighted by Crippen LogP contribution is -2.52. The Morgan fingerprint density at radius 2 is 0.586 bits per heavy atom. The minimum absolute atomic E-state index is 0.0684. The van der Waals surface area contributed by atoms with Crippen molar-refractivity contribution in [2.75, 3.05) is 9.80 Å². The summed E-state index contributed by atoms with van der Waals surface area (Å²) in [4.78, 5) is 4.62. The first kappa shape index (κ1) is 66.1. The Morgan fingerprint density at radius 3 is 1.11 bits per heavy atom. The van der Waals surface area contributed by atoms with Crippen LogP contribution in [0.1, 0.15) is 0 Å². The molecule has 0 saturated carbocycles. The van der Waals surface area contributed by atoms with Gasteiger partial charge in [-0.25, -0.2) is 0 Å². The summed E-state index contributed by atoms with van der Waals surface area (Å²) < 4.78 is 20.2. The van der Waals surface area contributed by atoms with Gasteiger partial charge in [-0.15, -0.1) is 0 Å². The predicted octanol–water partition coefficient (Wildman–Crippen LogP) is 24.1. The van der Waals surface area contributed by atoms with E-state index in [-0.39, 0.29) is 13.4 Å². The van der Waals surface area contributed by atoms with Gasteiger partial charge in [0.1, 0.15) is 34.2 Å². The van der Waals surface area contributed by atoms with Crippen molar-refractivity contribution in [1.82, 2.24) is 0 Å². The van der Waals surface area contributed by atoms with Gasteiger partial charge < -0.3 is 23.7 Å². The standard InChI is InChI=1S/C58H38BNO2.C46H32BNO/c1-4-16-40(17-5-1)45-22-10-12-27-53(45)60(43-20-8-3-9-21-43)44-33-30-39(31-34-44)41-32-35-47-48-36-37-51(50-25-15-29-55(57(48)50)61-56(47)38-41)59(42-18-6-2-7-19-42)52-26-14-24-49-46-23-11-13-28-54(46)62-58(49)52;1-5-14-35(15-6-1)47(36-16-7-2-8-17-36)43-31-30-41-40-29-26-34(32-45(40)49-44-23-13-22-42(43)46(41)44)33-24-27-39(28-25-33)48(37-18-9-3-10-19-37)38-20-11-4-12-21-38/h1-38H;1-32H. The number of furan rings is 1. The van der Waals surface area contributed by atoms with Crippen LogP contribution in [-0.2, 0) is 0 Å². The highest BCUT2D eigenvalue weighted by Crippen LogP contribution is 2.50. The largest absolute Gasteiger partial charge is 0.457 e. The molecule has 3 heterocycles. The van der Waals surface area contributed by atoms with E-state index in [2.05, 4.69) is 428 Å². The fraction of sp³-hybridized carbons (Fsp3) is 0. The van der Waals surface area contributed by atoms with E-state index in [0.29, 0.717) is 0 Å². The topological polar surface area (TPSA) is 38.1 Å². The summed E-state index contributed by atoms with van der Waals surface area (Å²) >= 11 is 0. The molecule has 0 bridgehead atoms. The molecule has 19 aromatic rings. The third kappa shape index (κ3) is 12.2. The van der Waals surface area contributed by atoms with Crippen molar-refractivity contribution < 1.29 is 13.9 Å². The summed E-state index contributed by atoms with van der Waals surface area (Å²) in [5.41, 5.74) is 27.3. The Hall–Kier alpha value is -14.4. The lowest BCUT2D eigenvalue weighted by atomic mass is 9.36. The third-order valence-electron chi connectivity index (χ3n) is 22.0. The van der Waals surface area contributed by atoms with Crippen molar-refractivity contribution in [1.29, 1.82) is 0 Å². The zero-order valence-electron chi connectivity index (χ0n) is 60.7. The average molecular weight is 1420 g/mol. The number of rotatable bonds is 15. The van der Waals surface area contributed by atoms with Crippen LogP contribution in [-0.4, -0.2) is 13.4 Å². The molecule has 0 amide bonds. The number of nitrogens with zero attached hydrogens (tertiary/aromatic N) is 2. The summed E-state index contributed by atoms with van der Waals surface area (Å²) in [5, 5.41) is 6.95. The van der Waals surface area contributed by atoms with E-state index in [4.69, 9.17) is 13.9 Å². The van der Waals surface area contributed by atoms with E-state index < -0.39 is 0 Å². The highest BCUT2D eigenvalue weighted by Gasteiger charge is 2.32. The van der Waals surface area contributed by atoms with Crippen molar-refractivity contribution in [3.63, 3.8) is 0 Å². The van der Waals surface area contributed by atoms with Crippen LogP contribution in [0.2, 0.25) is 0 Å². The molecule has 111 heavy (non-hydrogen) atoms. The van der Waals surface area contributed by atoms with Crippen molar-refractivity contribution in [3.8, 4) is 78.6 Å². The van der Waals surface area contributed by atoms with E-state index in [0.717, 1.165) is 123 Å². The number of anilines is 6. The van der Waals surface area contributed by atoms with E-state index in [1.165, 1.54) is 65.7 Å². The molecule has 0 saturated heterocycles. The molecule has 2 aliphatic heterocycles. The molecule has 2 aliphatic rings. The number of fused-ring (bicyclic) bond motifs is 7. The lowest BCUT2D eigenvalue weighted by Gasteiger charge is -2.28. The molecule has 5 nitrogen and oxygen atoms in total. The third-order valence-corrected chi connectivity index (χ3v) is 22.0. The molecule has 21 rings (SSSR count). The predicted molar refractivity (Wildman–Crippen MR) is 467 cm³/mol. The second kappa shape index (κ2) is 28.7. The van der Waals surface area contributed by atoms with E-state index in [9.17, 15) is 0 Å². The smallest absolute Gasteiger partial charge is 0.246 e. The number of ether oxygens (including phenoxy) is 2. The molecule has 1 aromatic heterocycles. The molecule has 18 aromatic carbocycles. The maximum atomic E-state index is 6.87. The van der Waals surface area contributed by atoms with Gasteiger partial charge in [-0.1, -0.05) is 343 Å². The summed E-state index contributed by atoms with van der Waals surface area (Å²) in [5.74, 6) is 3.50. The quantitative estimate of drug-likeness (QED) is 0.0957. The number of hydrogen-bond acceptors (Lipinski definition) is 5. The minimum atomic E-state index is -0.0684. The molecule has 0 radical (unpaired) electrons. The zero-order chi connectivity index (χ0) is 73.6. The van der Waals surface area contributed by atoms with Gasteiger partial charge in [0.2, 0.25) is 13.4 Å². The second-order valence-corrected chi connectivity index (χ2v) is 28.5. The van der Waals surface area contributed by atoms with Gasteiger partial charge in [0.05, 0.1) is 5.69 Å². The Kier molecular flexibility index (Phi) is 17.1. The molecule has 0 atom stereocenters. The van der Waals surface area contributed by atoms with Crippen molar-refractivity contribution in [2.24, 2.45) is 0 Å². The first-order chi connectivity index (χ1) is 55.1. The lowest BCUT2D eigenvalue weighted by molar-refractivity contribution is 0.487. The highest BCUT2D eigenvalue weighted by atomic mass is 16.5. The molecule has 0 fully saturated rings. The Bertz CT molecular complexity index is 6550. The van der Waals surface area contributed by atoms with Crippen LogP contribution >= 0.6 is 0 Å². The molecule has 0 N–H and O–H groups in total. The van der Waals surface area contributed by atoms with Crippen LogP contribution in [0.3, 0.4) is 0 Å². The molecule has 7 heteroatoms. The second-order valence-electron chi connectivity index (χ2n) is 28.5. The molecule has 0 spiro atoms. The Balaban J connectivity index is 0.000000149. The van der Waals surface area contributed by atoms with Crippen molar-refractivity contribution in [2.45, 2.75) is 0 Å². The highest BCUT2D eigenvalue weighted by molar-refractivity contribution is 6.98. The van der Waals surface area contributed by atoms with Gasteiger partial charge in [-0.05, 0) is 164 Å². The Labute approximate surface area is 646 Å². The maximum absolute atomic E-state index is 6.87. The van der Waals surface area contributed by atoms with E-state index in [1.807, 2.05) is 6.07 Å². The molecule has 0 unspecified atom stereocenters. The van der Waals surface area contributed by atoms with Gasteiger partial charge in [-0.2, -0.15) is 0 Å². The summed E-state index contributed by atoms with van der Waals surface area (Å²) in [6.45, 7) is 0.0410. The molecule has 0 aliphatic carbocycles. The zero-order valence-corrected chi connectivity index (χ0v) is 60.7. The Morgan fingerprint density at radius 1 is 0.207 bits per heavy atom. The van der Waals surface area contributed by atoms with E-state index in [1.54, 1.807) is 0 Å². The van der Waals surface area contributed by atoms with Crippen LogP contribution in [0.25, 0.3) is 99.1 Å². The minimum Gasteiger partial charge on any atom is -0.457 e. The fourth-order valence-electron chi connectivity index (χ4n) is 16.9. The van der Waals surface area contributed by atoms with Crippen LogP contribution in [0, 0.1) is 0 Å². The van der Waals surface area contributed by atoms with Crippen LogP contribution < -0.4 is 52.1 Å². The number of hydrogen-bond donors (Lipinski definition) is 0. The monoisotopic (exact) mass is 1420 g/mol. The van der Waals surface area contributed by atoms with Gasteiger partial charge >= 0.3 is 0 Å². The summed E-state index contributed by atoms with van der Waals surface area (Å²) in [7, 11) is 0. The van der Waals surface area contributed by atoms with Crippen LogP contribution in [0.15, 0.2) is 429 Å².